The van der Waals surface area contributed by atoms with Gasteiger partial charge in [0.15, 0.2) is 5.82 Å². The zero-order valence-corrected chi connectivity index (χ0v) is 11.8. The van der Waals surface area contributed by atoms with E-state index in [4.69, 9.17) is 0 Å². The van der Waals surface area contributed by atoms with Crippen molar-refractivity contribution in [2.45, 2.75) is 32.9 Å². The zero-order chi connectivity index (χ0) is 14.8. The normalized spacial score (nSPS) is 13.2. The van der Waals surface area contributed by atoms with Gasteiger partial charge in [0.2, 0.25) is 0 Å². The highest BCUT2D eigenvalue weighted by atomic mass is 16.6. The van der Waals surface area contributed by atoms with Crippen molar-refractivity contribution in [1.82, 2.24) is 15.3 Å². The van der Waals surface area contributed by atoms with Gasteiger partial charge in [-0.05, 0) is 18.6 Å². The number of non-ortho nitro benzene ring substituents is 1. The highest BCUT2D eigenvalue weighted by Crippen LogP contribution is 2.24. The van der Waals surface area contributed by atoms with Gasteiger partial charge in [0.05, 0.1) is 10.6 Å². The van der Waals surface area contributed by atoms with E-state index in [1.54, 1.807) is 12.1 Å². The summed E-state index contributed by atoms with van der Waals surface area (Å²) in [4.78, 5) is 19.6. The summed E-state index contributed by atoms with van der Waals surface area (Å²) in [6.45, 7) is 3.71. The molecule has 1 aromatic heterocycles. The van der Waals surface area contributed by atoms with Gasteiger partial charge in [-0.1, -0.05) is 13.3 Å². The quantitative estimate of drug-likeness (QED) is 0.689. The Hall–Kier alpha value is -2.34. The van der Waals surface area contributed by atoms with Crippen LogP contribution in [0.5, 0.6) is 0 Å². The van der Waals surface area contributed by atoms with E-state index in [1.807, 2.05) is 0 Å². The van der Waals surface area contributed by atoms with Crippen LogP contribution in [0.15, 0.2) is 24.3 Å². The Balaban J connectivity index is 2.02. The van der Waals surface area contributed by atoms with Gasteiger partial charge < -0.3 is 5.32 Å². The Kier molecular flexibility index (Phi) is 3.62. The van der Waals surface area contributed by atoms with E-state index in [0.717, 1.165) is 42.9 Å². The molecule has 0 unspecified atom stereocenters. The van der Waals surface area contributed by atoms with Crippen LogP contribution in [0.3, 0.4) is 0 Å². The number of rotatable bonds is 4. The maximum absolute atomic E-state index is 10.7. The van der Waals surface area contributed by atoms with Gasteiger partial charge in [0.1, 0.15) is 0 Å². The lowest BCUT2D eigenvalue weighted by Crippen LogP contribution is -2.03. The molecule has 0 radical (unpaired) electrons. The van der Waals surface area contributed by atoms with Crippen molar-refractivity contribution in [1.29, 1.82) is 0 Å². The number of benzene rings is 1. The molecule has 1 aromatic carbocycles. The van der Waals surface area contributed by atoms with E-state index >= 15 is 0 Å². The highest BCUT2D eigenvalue weighted by Gasteiger charge is 2.19. The lowest BCUT2D eigenvalue weighted by atomic mass is 10.1. The first-order valence-corrected chi connectivity index (χ1v) is 7.03. The van der Waals surface area contributed by atoms with Gasteiger partial charge in [-0.3, -0.25) is 10.1 Å². The molecule has 0 bridgehead atoms. The fourth-order valence-electron chi connectivity index (χ4n) is 2.54. The van der Waals surface area contributed by atoms with E-state index in [1.165, 1.54) is 17.7 Å². The lowest BCUT2D eigenvalue weighted by molar-refractivity contribution is -0.384. The number of nitro benzene ring substituents is 1. The largest absolute Gasteiger partial charge is 0.307 e. The molecular weight excluding hydrogens is 268 g/mol. The highest BCUT2D eigenvalue weighted by molar-refractivity contribution is 5.58. The van der Waals surface area contributed by atoms with E-state index in [2.05, 4.69) is 22.2 Å². The lowest BCUT2D eigenvalue weighted by Gasteiger charge is -2.09. The minimum Gasteiger partial charge on any atom is -0.307 e. The molecule has 0 fully saturated rings. The molecule has 1 N–H and O–H groups in total. The van der Waals surface area contributed by atoms with Crippen molar-refractivity contribution in [3.63, 3.8) is 0 Å². The van der Waals surface area contributed by atoms with Gasteiger partial charge >= 0.3 is 0 Å². The van der Waals surface area contributed by atoms with Crippen LogP contribution in [0, 0.1) is 10.1 Å². The predicted octanol–water partition coefficient (Wildman–Crippen LogP) is 2.61. The number of nitro groups is 1. The van der Waals surface area contributed by atoms with Crippen molar-refractivity contribution in [3.8, 4) is 11.4 Å². The molecule has 0 aliphatic carbocycles. The fraction of sp³-hybridized carbons (Fsp3) is 0.333. The van der Waals surface area contributed by atoms with E-state index in [0.29, 0.717) is 5.82 Å². The Morgan fingerprint density at radius 1 is 1.24 bits per heavy atom. The van der Waals surface area contributed by atoms with E-state index < -0.39 is 4.92 Å². The molecule has 3 rings (SSSR count). The van der Waals surface area contributed by atoms with Gasteiger partial charge in [-0.15, -0.1) is 0 Å². The molecule has 6 nitrogen and oxygen atoms in total. The number of aryl methyl sites for hydroxylation is 1. The molecule has 0 atom stereocenters. The first kappa shape index (κ1) is 13.6. The van der Waals surface area contributed by atoms with Crippen LogP contribution < -0.4 is 5.32 Å². The summed E-state index contributed by atoms with van der Waals surface area (Å²) in [6, 6.07) is 6.39. The van der Waals surface area contributed by atoms with Gasteiger partial charge in [0.25, 0.3) is 5.69 Å². The second-order valence-electron chi connectivity index (χ2n) is 5.08. The summed E-state index contributed by atoms with van der Waals surface area (Å²) in [7, 11) is 0. The fourth-order valence-corrected chi connectivity index (χ4v) is 2.54. The van der Waals surface area contributed by atoms with Crippen LogP contribution in [-0.4, -0.2) is 14.9 Å². The van der Waals surface area contributed by atoms with Crippen LogP contribution >= 0.6 is 0 Å². The predicted molar refractivity (Wildman–Crippen MR) is 78.7 cm³/mol. The molecule has 0 spiro atoms. The van der Waals surface area contributed by atoms with Crippen molar-refractivity contribution in [2.24, 2.45) is 0 Å². The number of hydrogen-bond donors (Lipinski definition) is 1. The number of fused-ring (bicyclic) bond motifs is 1. The van der Waals surface area contributed by atoms with Crippen molar-refractivity contribution in [2.75, 3.05) is 0 Å². The molecule has 108 valence electrons. The van der Waals surface area contributed by atoms with Crippen LogP contribution in [0.25, 0.3) is 11.4 Å². The van der Waals surface area contributed by atoms with Crippen LogP contribution in [-0.2, 0) is 19.5 Å². The summed E-state index contributed by atoms with van der Waals surface area (Å²) in [6.07, 6.45) is 1.95. The zero-order valence-electron chi connectivity index (χ0n) is 11.8. The monoisotopic (exact) mass is 284 g/mol. The third-order valence-corrected chi connectivity index (χ3v) is 3.60. The smallest absolute Gasteiger partial charge is 0.269 e. The maximum atomic E-state index is 10.7. The molecule has 0 saturated heterocycles. The molecule has 21 heavy (non-hydrogen) atoms. The first-order valence-electron chi connectivity index (χ1n) is 7.03. The molecule has 2 heterocycles. The summed E-state index contributed by atoms with van der Waals surface area (Å²) in [5, 5.41) is 14.0. The summed E-state index contributed by atoms with van der Waals surface area (Å²) < 4.78 is 0. The molecular formula is C15H16N4O2. The van der Waals surface area contributed by atoms with E-state index in [-0.39, 0.29) is 5.69 Å². The van der Waals surface area contributed by atoms with E-state index in [9.17, 15) is 10.1 Å². The minimum atomic E-state index is -0.403. The summed E-state index contributed by atoms with van der Waals surface area (Å²) in [5.41, 5.74) is 4.23. The molecule has 0 amide bonds. The Labute approximate surface area is 122 Å². The summed E-state index contributed by atoms with van der Waals surface area (Å²) >= 11 is 0. The van der Waals surface area contributed by atoms with Crippen molar-refractivity contribution < 1.29 is 4.92 Å². The van der Waals surface area contributed by atoms with Crippen molar-refractivity contribution in [3.05, 3.63) is 51.3 Å². The number of aromatic nitrogens is 2. The number of nitrogens with one attached hydrogen (secondary N) is 1. The third-order valence-electron chi connectivity index (χ3n) is 3.60. The van der Waals surface area contributed by atoms with Crippen LogP contribution in [0.4, 0.5) is 5.69 Å². The maximum Gasteiger partial charge on any atom is 0.269 e. The standard InChI is InChI=1S/C15H16N4O2/c1-2-3-13-12-8-16-9-14(12)18-15(17-13)10-4-6-11(7-5-10)19(20)21/h4-7,16H,2-3,8-9H2,1H3. The number of nitrogens with zero attached hydrogens (tertiary/aromatic N) is 3. The molecule has 2 aromatic rings. The SMILES string of the molecule is CCCc1nc(-c2ccc([N+](=O)[O-])cc2)nc2c1CNC2. The van der Waals surface area contributed by atoms with Crippen LogP contribution in [0.1, 0.15) is 30.3 Å². The third kappa shape index (κ3) is 2.62. The second-order valence-corrected chi connectivity index (χ2v) is 5.08. The average molecular weight is 284 g/mol. The molecule has 0 saturated carbocycles. The number of hydrogen-bond acceptors (Lipinski definition) is 5. The van der Waals surface area contributed by atoms with Crippen LogP contribution in [0.2, 0.25) is 0 Å². The van der Waals surface area contributed by atoms with Gasteiger partial charge in [-0.25, -0.2) is 9.97 Å². The average Bonchev–Trinajstić information content (AvgIpc) is 2.96. The molecule has 1 aliphatic rings. The Morgan fingerprint density at radius 3 is 2.67 bits per heavy atom. The topological polar surface area (TPSA) is 81.0 Å². The Morgan fingerprint density at radius 2 is 2.00 bits per heavy atom. The second kappa shape index (κ2) is 5.57. The Bertz CT molecular complexity index is 683. The first-order chi connectivity index (χ1) is 10.2. The summed E-state index contributed by atoms with van der Waals surface area (Å²) in [5.74, 6) is 0.649. The van der Waals surface area contributed by atoms with Crippen molar-refractivity contribution >= 4 is 5.69 Å². The van der Waals surface area contributed by atoms with Gasteiger partial charge in [-0.2, -0.15) is 0 Å². The minimum absolute atomic E-state index is 0.0790. The molecule has 1 aliphatic heterocycles. The van der Waals surface area contributed by atoms with Gasteiger partial charge in [0, 0.05) is 42.0 Å². The molecule has 6 heteroatoms.